The van der Waals surface area contributed by atoms with Gasteiger partial charge < -0.3 is 10.5 Å². The van der Waals surface area contributed by atoms with Crippen LogP contribution in [-0.4, -0.2) is 7.11 Å². The second-order valence-corrected chi connectivity index (χ2v) is 2.94. The van der Waals surface area contributed by atoms with Gasteiger partial charge in [0.2, 0.25) is 0 Å². The molecule has 1 atom stereocenters. The Morgan fingerprint density at radius 2 is 2.15 bits per heavy atom. The van der Waals surface area contributed by atoms with Gasteiger partial charge in [0, 0.05) is 12.1 Å². The second-order valence-electron chi connectivity index (χ2n) is 2.94. The molecule has 0 aromatic heterocycles. The highest BCUT2D eigenvalue weighted by molar-refractivity contribution is 5.31. The topological polar surface area (TPSA) is 35.2 Å². The number of ether oxygens (including phenoxy) is 1. The van der Waals surface area contributed by atoms with E-state index in [-0.39, 0.29) is 11.9 Å². The predicted octanol–water partition coefficient (Wildman–Crippen LogP) is 2.24. The van der Waals surface area contributed by atoms with Gasteiger partial charge in [0.25, 0.3) is 0 Å². The van der Waals surface area contributed by atoms with Gasteiger partial charge >= 0.3 is 0 Å². The number of nitrogens with two attached hydrogens (primary N) is 1. The van der Waals surface area contributed by atoms with E-state index in [0.29, 0.717) is 5.75 Å². The average molecular weight is 183 g/mol. The zero-order valence-electron chi connectivity index (χ0n) is 7.88. The quantitative estimate of drug-likeness (QED) is 0.780. The summed E-state index contributed by atoms with van der Waals surface area (Å²) in [5, 5.41) is 0. The first kappa shape index (κ1) is 9.99. The maximum atomic E-state index is 13.0. The third-order valence-electron chi connectivity index (χ3n) is 2.00. The summed E-state index contributed by atoms with van der Waals surface area (Å²) in [5.41, 5.74) is 6.54. The molecule has 0 spiro atoms. The van der Waals surface area contributed by atoms with Crippen LogP contribution in [0, 0.1) is 5.82 Å². The molecule has 0 fully saturated rings. The molecule has 0 radical (unpaired) electrons. The van der Waals surface area contributed by atoms with Crippen molar-refractivity contribution in [1.82, 2.24) is 0 Å². The molecule has 0 unspecified atom stereocenters. The third kappa shape index (κ3) is 2.42. The number of hydrogen-bond donors (Lipinski definition) is 1. The summed E-state index contributed by atoms with van der Waals surface area (Å²) in [7, 11) is 1.51. The maximum absolute atomic E-state index is 13.0. The Balaban J connectivity index is 3.01. The Morgan fingerprint density at radius 1 is 1.46 bits per heavy atom. The molecule has 13 heavy (non-hydrogen) atoms. The molecule has 1 aromatic carbocycles. The normalized spacial score (nSPS) is 12.6. The van der Waals surface area contributed by atoms with Gasteiger partial charge in [0.1, 0.15) is 11.6 Å². The van der Waals surface area contributed by atoms with Crippen molar-refractivity contribution in [1.29, 1.82) is 0 Å². The van der Waals surface area contributed by atoms with Crippen LogP contribution in [0.25, 0.3) is 0 Å². The predicted molar refractivity (Wildman–Crippen MR) is 50.2 cm³/mol. The highest BCUT2D eigenvalue weighted by atomic mass is 19.1. The van der Waals surface area contributed by atoms with Gasteiger partial charge in [0.05, 0.1) is 7.11 Å². The van der Waals surface area contributed by atoms with E-state index in [1.165, 1.54) is 19.2 Å². The Kier molecular flexibility index (Phi) is 3.25. The third-order valence-corrected chi connectivity index (χ3v) is 2.00. The van der Waals surface area contributed by atoms with Crippen LogP contribution in [0.3, 0.4) is 0 Å². The largest absolute Gasteiger partial charge is 0.497 e. The molecule has 0 bridgehead atoms. The summed E-state index contributed by atoms with van der Waals surface area (Å²) in [6.45, 7) is 1.96. The number of rotatable bonds is 3. The minimum Gasteiger partial charge on any atom is -0.497 e. The Bertz CT molecular complexity index is 288. The molecule has 0 aliphatic carbocycles. The molecule has 0 amide bonds. The fourth-order valence-corrected chi connectivity index (χ4v) is 1.15. The van der Waals surface area contributed by atoms with E-state index in [2.05, 4.69) is 0 Å². The first-order valence-electron chi connectivity index (χ1n) is 4.27. The molecule has 2 N–H and O–H groups in total. The van der Waals surface area contributed by atoms with Crippen LogP contribution in [-0.2, 0) is 0 Å². The van der Waals surface area contributed by atoms with Gasteiger partial charge in [-0.25, -0.2) is 4.39 Å². The van der Waals surface area contributed by atoms with E-state index < -0.39 is 0 Å². The van der Waals surface area contributed by atoms with Crippen molar-refractivity contribution in [3.8, 4) is 5.75 Å². The molecule has 0 saturated heterocycles. The molecule has 72 valence electrons. The molecule has 0 heterocycles. The Hall–Kier alpha value is -1.09. The lowest BCUT2D eigenvalue weighted by atomic mass is 10.1. The molecular formula is C10H14FNO. The van der Waals surface area contributed by atoms with E-state index in [0.717, 1.165) is 12.0 Å². The number of hydrogen-bond acceptors (Lipinski definition) is 2. The number of halogens is 1. The van der Waals surface area contributed by atoms with Crippen LogP contribution >= 0.6 is 0 Å². The van der Waals surface area contributed by atoms with Crippen molar-refractivity contribution in [2.45, 2.75) is 19.4 Å². The standard InChI is InChI=1S/C10H14FNO/c1-3-10(12)7-4-8(11)6-9(5-7)13-2/h4-6,10H,3,12H2,1-2H3/t10-/m0/s1. The van der Waals surface area contributed by atoms with Crippen molar-refractivity contribution in [3.05, 3.63) is 29.6 Å². The van der Waals surface area contributed by atoms with Crippen LogP contribution in [0.1, 0.15) is 24.9 Å². The summed E-state index contributed by atoms with van der Waals surface area (Å²) < 4.78 is 17.9. The lowest BCUT2D eigenvalue weighted by Crippen LogP contribution is -2.09. The van der Waals surface area contributed by atoms with E-state index in [4.69, 9.17) is 10.5 Å². The molecule has 0 aliphatic rings. The summed E-state index contributed by atoms with van der Waals surface area (Å²) in [4.78, 5) is 0. The van der Waals surface area contributed by atoms with Crippen molar-refractivity contribution in [2.75, 3.05) is 7.11 Å². The number of benzene rings is 1. The van der Waals surface area contributed by atoms with Crippen LogP contribution in [0.15, 0.2) is 18.2 Å². The minimum atomic E-state index is -0.307. The highest BCUT2D eigenvalue weighted by Gasteiger charge is 2.06. The first-order valence-corrected chi connectivity index (χ1v) is 4.27. The lowest BCUT2D eigenvalue weighted by molar-refractivity contribution is 0.410. The van der Waals surface area contributed by atoms with Gasteiger partial charge in [-0.2, -0.15) is 0 Å². The van der Waals surface area contributed by atoms with Gasteiger partial charge in [-0.3, -0.25) is 0 Å². The highest BCUT2D eigenvalue weighted by Crippen LogP contribution is 2.21. The average Bonchev–Trinajstić information content (AvgIpc) is 2.15. The van der Waals surface area contributed by atoms with Crippen molar-refractivity contribution >= 4 is 0 Å². The SMILES string of the molecule is CC[C@H](N)c1cc(F)cc(OC)c1. The van der Waals surface area contributed by atoms with Gasteiger partial charge in [-0.15, -0.1) is 0 Å². The van der Waals surface area contributed by atoms with E-state index in [1.54, 1.807) is 6.07 Å². The van der Waals surface area contributed by atoms with Crippen LogP contribution in [0.4, 0.5) is 4.39 Å². The van der Waals surface area contributed by atoms with E-state index in [9.17, 15) is 4.39 Å². The smallest absolute Gasteiger partial charge is 0.127 e. The fourth-order valence-electron chi connectivity index (χ4n) is 1.15. The molecule has 2 nitrogen and oxygen atoms in total. The summed E-state index contributed by atoms with van der Waals surface area (Å²) in [6, 6.07) is 4.42. The van der Waals surface area contributed by atoms with Crippen LogP contribution in [0.2, 0.25) is 0 Å². The van der Waals surface area contributed by atoms with Gasteiger partial charge in [-0.05, 0) is 24.1 Å². The van der Waals surface area contributed by atoms with Crippen LogP contribution in [0.5, 0.6) is 5.75 Å². The summed E-state index contributed by atoms with van der Waals surface area (Å²) in [5.74, 6) is 0.206. The molecule has 0 aliphatic heterocycles. The maximum Gasteiger partial charge on any atom is 0.127 e. The molecular weight excluding hydrogens is 169 g/mol. The Morgan fingerprint density at radius 3 is 2.69 bits per heavy atom. The molecule has 0 saturated carbocycles. The number of methoxy groups -OCH3 is 1. The Labute approximate surface area is 77.5 Å². The summed E-state index contributed by atoms with van der Waals surface area (Å²) in [6.07, 6.45) is 0.784. The van der Waals surface area contributed by atoms with Gasteiger partial charge in [0.15, 0.2) is 0 Å². The zero-order valence-corrected chi connectivity index (χ0v) is 7.88. The monoisotopic (exact) mass is 183 g/mol. The van der Waals surface area contributed by atoms with Crippen molar-refractivity contribution < 1.29 is 9.13 Å². The minimum absolute atomic E-state index is 0.121. The van der Waals surface area contributed by atoms with Crippen LogP contribution < -0.4 is 10.5 Å². The van der Waals surface area contributed by atoms with Crippen molar-refractivity contribution in [3.63, 3.8) is 0 Å². The molecule has 3 heteroatoms. The molecule has 1 aromatic rings. The second kappa shape index (κ2) is 4.23. The fraction of sp³-hybridized carbons (Fsp3) is 0.400. The van der Waals surface area contributed by atoms with Crippen molar-refractivity contribution in [2.24, 2.45) is 5.73 Å². The lowest BCUT2D eigenvalue weighted by Gasteiger charge is -2.10. The summed E-state index contributed by atoms with van der Waals surface area (Å²) >= 11 is 0. The van der Waals surface area contributed by atoms with E-state index in [1.807, 2.05) is 6.92 Å². The molecule has 1 rings (SSSR count). The zero-order chi connectivity index (χ0) is 9.84. The first-order chi connectivity index (χ1) is 6.17. The van der Waals surface area contributed by atoms with E-state index >= 15 is 0 Å². The van der Waals surface area contributed by atoms with Gasteiger partial charge in [-0.1, -0.05) is 6.92 Å².